The molecule has 2 unspecified atom stereocenters. The summed E-state index contributed by atoms with van der Waals surface area (Å²) >= 11 is 0. The fourth-order valence-electron chi connectivity index (χ4n) is 2.15. The summed E-state index contributed by atoms with van der Waals surface area (Å²) in [5.41, 5.74) is -0.746. The van der Waals surface area contributed by atoms with Crippen LogP contribution < -0.4 is 13.6 Å². The Kier molecular flexibility index (Phi) is 3.03. The third kappa shape index (κ3) is 1.63. The molecule has 2 aliphatic heterocycles. The van der Waals surface area contributed by atoms with Crippen LogP contribution in [0.3, 0.4) is 0 Å². The minimum absolute atomic E-state index is 0.0375. The first-order chi connectivity index (χ1) is 9.42. The quantitative estimate of drug-likeness (QED) is 0.644. The number of benzene rings is 1. The molecule has 0 saturated heterocycles. The van der Waals surface area contributed by atoms with Gasteiger partial charge in [0, 0.05) is 14.2 Å². The average molecular weight is 322 g/mol. The van der Waals surface area contributed by atoms with E-state index in [0.29, 0.717) is 0 Å². The smallest absolute Gasteiger partial charge is 0.504 e. The second kappa shape index (κ2) is 4.40. The van der Waals surface area contributed by atoms with Gasteiger partial charge in [0.1, 0.15) is 0 Å². The first-order valence-corrected chi connectivity index (χ1v) is 8.30. The first kappa shape index (κ1) is 13.8. The van der Waals surface area contributed by atoms with Crippen molar-refractivity contribution in [2.24, 2.45) is 0 Å². The van der Waals surface area contributed by atoms with E-state index in [4.69, 9.17) is 22.6 Å². The predicted molar refractivity (Wildman–Crippen MR) is 68.6 cm³/mol. The van der Waals surface area contributed by atoms with Crippen LogP contribution in [0.2, 0.25) is 0 Å². The summed E-state index contributed by atoms with van der Waals surface area (Å²) in [6, 6.07) is 0. The lowest BCUT2D eigenvalue weighted by molar-refractivity contribution is 0.266. The molecule has 1 aromatic carbocycles. The van der Waals surface area contributed by atoms with Gasteiger partial charge in [-0.3, -0.25) is 4.57 Å². The van der Waals surface area contributed by atoms with Gasteiger partial charge < -0.3 is 32.8 Å². The Morgan fingerprint density at radius 3 is 2.15 bits per heavy atom. The molecule has 3 rings (SSSR count). The average Bonchev–Trinajstić information content (AvgIpc) is 3.05. The fourth-order valence-corrected chi connectivity index (χ4v) is 4.56. The van der Waals surface area contributed by atoms with Crippen molar-refractivity contribution in [3.8, 4) is 28.7 Å². The molecule has 2 N–H and O–H groups in total. The number of phenolic OH excluding ortho intramolecular Hbond substituents is 2. The fraction of sp³-hybridized carbons (Fsp3) is 0.400. The van der Waals surface area contributed by atoms with Gasteiger partial charge in [-0.05, 0) is 6.92 Å². The minimum atomic E-state index is -3.51. The van der Waals surface area contributed by atoms with Crippen molar-refractivity contribution in [3.05, 3.63) is 5.56 Å². The largest absolute Gasteiger partial charge is 0.530 e. The molecule has 0 amide bonds. The third-order valence-corrected chi connectivity index (χ3v) is 6.47. The van der Waals surface area contributed by atoms with Gasteiger partial charge in [0.2, 0.25) is 17.2 Å². The van der Waals surface area contributed by atoms with Gasteiger partial charge in [-0.25, -0.2) is 0 Å². The van der Waals surface area contributed by atoms with Crippen molar-refractivity contribution in [2.75, 3.05) is 14.2 Å². The van der Waals surface area contributed by atoms with E-state index in [1.807, 2.05) is 0 Å². The van der Waals surface area contributed by atoms with Crippen LogP contribution in [0.25, 0.3) is 0 Å². The molecule has 110 valence electrons. The van der Waals surface area contributed by atoms with Crippen LogP contribution in [0.1, 0.15) is 18.1 Å². The Balaban J connectivity index is 2.19. The molecular formula is C10H12O8P2. The lowest BCUT2D eigenvalue weighted by Crippen LogP contribution is -2.04. The van der Waals surface area contributed by atoms with Gasteiger partial charge in [0.15, 0.2) is 11.5 Å². The van der Waals surface area contributed by atoms with Crippen LogP contribution >= 0.6 is 16.2 Å². The molecule has 10 heteroatoms. The monoisotopic (exact) mass is 322 g/mol. The summed E-state index contributed by atoms with van der Waals surface area (Å²) in [4.78, 5) is 0. The maximum atomic E-state index is 12.5. The summed E-state index contributed by atoms with van der Waals surface area (Å²) in [6.45, 7) is 1.54. The SMILES string of the molecule is COP(=O)(OC)C(C)c1c(O)c(O)c2c3c1OP(O2)O3. The van der Waals surface area contributed by atoms with Gasteiger partial charge in [0.25, 0.3) is 0 Å². The zero-order valence-corrected chi connectivity index (χ0v) is 12.6. The molecule has 2 bridgehead atoms. The van der Waals surface area contributed by atoms with E-state index in [1.165, 1.54) is 21.1 Å². The molecule has 1 aromatic rings. The van der Waals surface area contributed by atoms with Crippen molar-refractivity contribution in [1.82, 2.24) is 0 Å². The highest BCUT2D eigenvalue weighted by molar-refractivity contribution is 7.54. The molecule has 2 heterocycles. The highest BCUT2D eigenvalue weighted by Crippen LogP contribution is 2.74. The highest BCUT2D eigenvalue weighted by Gasteiger charge is 2.49. The molecular weight excluding hydrogens is 310 g/mol. The lowest BCUT2D eigenvalue weighted by Gasteiger charge is -2.24. The Labute approximate surface area is 115 Å². The molecule has 0 radical (unpaired) electrons. The zero-order valence-electron chi connectivity index (χ0n) is 10.8. The van der Waals surface area contributed by atoms with Crippen molar-refractivity contribution in [1.29, 1.82) is 0 Å². The summed E-state index contributed by atoms with van der Waals surface area (Å²) in [6.07, 6.45) is 0. The molecule has 0 saturated carbocycles. The number of rotatable bonds is 4. The Morgan fingerprint density at radius 2 is 1.60 bits per heavy atom. The van der Waals surface area contributed by atoms with E-state index >= 15 is 0 Å². The molecule has 0 aromatic heterocycles. The van der Waals surface area contributed by atoms with Crippen LogP contribution in [-0.4, -0.2) is 24.4 Å². The number of fused-ring (bicyclic) bond motifs is 1. The van der Waals surface area contributed by atoms with Crippen molar-refractivity contribution in [2.45, 2.75) is 12.6 Å². The molecule has 20 heavy (non-hydrogen) atoms. The van der Waals surface area contributed by atoms with Crippen LogP contribution in [-0.2, 0) is 13.6 Å². The van der Waals surface area contributed by atoms with Gasteiger partial charge in [0.05, 0.1) is 11.2 Å². The Morgan fingerprint density at radius 1 is 1.05 bits per heavy atom. The van der Waals surface area contributed by atoms with Crippen LogP contribution in [0.15, 0.2) is 0 Å². The van der Waals surface area contributed by atoms with E-state index in [0.717, 1.165) is 0 Å². The molecule has 0 aliphatic carbocycles. The number of phenols is 2. The van der Waals surface area contributed by atoms with Crippen LogP contribution in [0.5, 0.6) is 28.7 Å². The summed E-state index contributed by atoms with van der Waals surface area (Å²) < 4.78 is 38.1. The van der Waals surface area contributed by atoms with Crippen molar-refractivity contribution in [3.63, 3.8) is 0 Å². The third-order valence-electron chi connectivity index (χ3n) is 3.25. The van der Waals surface area contributed by atoms with Crippen molar-refractivity contribution >= 4 is 16.2 Å². The van der Waals surface area contributed by atoms with E-state index in [1.54, 1.807) is 0 Å². The Hall–Kier alpha value is -1.20. The summed E-state index contributed by atoms with van der Waals surface area (Å²) in [5, 5.41) is 20.0. The number of aromatic hydroxyl groups is 2. The van der Waals surface area contributed by atoms with Gasteiger partial charge in [-0.2, -0.15) is 0 Å². The minimum Gasteiger partial charge on any atom is -0.504 e. The molecule has 2 aliphatic rings. The maximum Gasteiger partial charge on any atom is 0.530 e. The van der Waals surface area contributed by atoms with E-state index in [9.17, 15) is 14.8 Å². The van der Waals surface area contributed by atoms with Crippen molar-refractivity contribution < 1.29 is 37.4 Å². The van der Waals surface area contributed by atoms with E-state index in [-0.39, 0.29) is 22.8 Å². The number of hydrogen-bond acceptors (Lipinski definition) is 8. The molecule has 2 atom stereocenters. The van der Waals surface area contributed by atoms with E-state index in [2.05, 4.69) is 0 Å². The summed E-state index contributed by atoms with van der Waals surface area (Å²) in [5.74, 6) is -0.518. The first-order valence-electron chi connectivity index (χ1n) is 5.60. The second-order valence-electron chi connectivity index (χ2n) is 4.18. The van der Waals surface area contributed by atoms with E-state index < -0.39 is 33.4 Å². The molecule has 0 spiro atoms. The zero-order chi connectivity index (χ0) is 14.7. The summed E-state index contributed by atoms with van der Waals surface area (Å²) in [7, 11) is -2.68. The molecule has 8 nitrogen and oxygen atoms in total. The van der Waals surface area contributed by atoms with Gasteiger partial charge >= 0.3 is 16.2 Å². The van der Waals surface area contributed by atoms with Gasteiger partial charge in [-0.1, -0.05) is 0 Å². The van der Waals surface area contributed by atoms with Crippen LogP contribution in [0, 0.1) is 0 Å². The molecule has 0 fully saturated rings. The van der Waals surface area contributed by atoms with Crippen LogP contribution in [0.4, 0.5) is 0 Å². The standard InChI is InChI=1S/C10H12O8P2/c1-4(20(13,14-2)15-3)5-6(11)7(12)9-10-8(5)16-19(17-9)18-10/h4,11-12H,1-3H3. The predicted octanol–water partition coefficient (Wildman–Crippen LogP) is 3.04. The van der Waals surface area contributed by atoms with Gasteiger partial charge in [-0.15, -0.1) is 0 Å². The Bertz CT molecular complexity index is 622. The lowest BCUT2D eigenvalue weighted by atomic mass is 10.1. The maximum absolute atomic E-state index is 12.5. The topological polar surface area (TPSA) is 104 Å². The second-order valence-corrected chi connectivity index (χ2v) is 7.76. The normalized spacial score (nSPS) is 20.2. The highest BCUT2D eigenvalue weighted by atomic mass is 31.2. The number of hydrogen-bond donors (Lipinski definition) is 2.